The Hall–Kier alpha value is -1.89. The van der Waals surface area contributed by atoms with E-state index in [9.17, 15) is 13.2 Å². The minimum absolute atomic E-state index is 0. The van der Waals surface area contributed by atoms with Gasteiger partial charge >= 0.3 is 0 Å². The Bertz CT molecular complexity index is 838. The first kappa shape index (κ1) is 19.4. The van der Waals surface area contributed by atoms with Gasteiger partial charge in [-0.3, -0.25) is 4.79 Å². The zero-order valence-corrected chi connectivity index (χ0v) is 15.5. The highest BCUT2D eigenvalue weighted by atomic mass is 35.5. The van der Waals surface area contributed by atoms with Gasteiger partial charge in [-0.05, 0) is 29.8 Å². The van der Waals surface area contributed by atoms with Crippen LogP contribution in [0.2, 0.25) is 0 Å². The molecule has 1 fully saturated rings. The quantitative estimate of drug-likeness (QED) is 0.883. The van der Waals surface area contributed by atoms with E-state index in [1.54, 1.807) is 17.0 Å². The number of likely N-dealkylation sites (tertiary alicyclic amines) is 1. The Balaban J connectivity index is 0.00000225. The van der Waals surface area contributed by atoms with Crippen molar-refractivity contribution in [3.63, 3.8) is 0 Å². The van der Waals surface area contributed by atoms with E-state index < -0.39 is 9.84 Å². The van der Waals surface area contributed by atoms with Gasteiger partial charge in [-0.2, -0.15) is 0 Å². The molecule has 0 spiro atoms. The number of rotatable bonds is 3. The summed E-state index contributed by atoms with van der Waals surface area (Å²) in [5, 5.41) is 0. The summed E-state index contributed by atoms with van der Waals surface area (Å²) in [6.45, 7) is 1.06. The number of sulfone groups is 1. The molecule has 0 aliphatic carbocycles. The van der Waals surface area contributed by atoms with E-state index in [4.69, 9.17) is 5.73 Å². The molecule has 2 aromatic rings. The van der Waals surface area contributed by atoms with E-state index in [0.717, 1.165) is 11.8 Å². The molecule has 0 radical (unpaired) electrons. The van der Waals surface area contributed by atoms with Crippen LogP contribution in [-0.4, -0.2) is 44.6 Å². The van der Waals surface area contributed by atoms with E-state index in [1.165, 1.54) is 12.1 Å². The lowest BCUT2D eigenvalue weighted by Gasteiger charge is -2.16. The summed E-state index contributed by atoms with van der Waals surface area (Å²) >= 11 is 0. The number of nitrogens with zero attached hydrogens (tertiary/aromatic N) is 1. The molecular formula is C18H21ClN2O3S. The Kier molecular flexibility index (Phi) is 5.87. The number of carbonyl (C=O) groups is 1. The first-order valence-electron chi connectivity index (χ1n) is 7.76. The van der Waals surface area contributed by atoms with Crippen LogP contribution in [0.1, 0.15) is 21.8 Å². The fraction of sp³-hybridized carbons (Fsp3) is 0.278. The molecule has 1 heterocycles. The molecule has 25 heavy (non-hydrogen) atoms. The molecule has 2 atom stereocenters. The fourth-order valence-corrected chi connectivity index (χ4v) is 3.71. The van der Waals surface area contributed by atoms with Crippen molar-refractivity contribution in [3.05, 3.63) is 65.7 Å². The van der Waals surface area contributed by atoms with E-state index in [2.05, 4.69) is 0 Å². The largest absolute Gasteiger partial charge is 0.336 e. The molecule has 0 aromatic heterocycles. The highest BCUT2D eigenvalue weighted by molar-refractivity contribution is 7.90. The molecule has 0 unspecified atom stereocenters. The second-order valence-corrected chi connectivity index (χ2v) is 8.20. The van der Waals surface area contributed by atoms with Crippen molar-refractivity contribution in [1.82, 2.24) is 4.90 Å². The molecule has 3 rings (SSSR count). The third kappa shape index (κ3) is 4.21. The number of hydrogen-bond donors (Lipinski definition) is 1. The second kappa shape index (κ2) is 7.56. The summed E-state index contributed by atoms with van der Waals surface area (Å²) in [6.07, 6.45) is 1.15. The molecule has 7 heteroatoms. The van der Waals surface area contributed by atoms with Crippen LogP contribution in [0.4, 0.5) is 0 Å². The lowest BCUT2D eigenvalue weighted by Crippen LogP contribution is -2.32. The van der Waals surface area contributed by atoms with E-state index in [-0.39, 0.29) is 35.2 Å². The van der Waals surface area contributed by atoms with Crippen LogP contribution in [0, 0.1) is 0 Å². The number of amides is 1. The smallest absolute Gasteiger partial charge is 0.253 e. The van der Waals surface area contributed by atoms with Crippen molar-refractivity contribution in [2.45, 2.75) is 16.9 Å². The number of halogens is 1. The topological polar surface area (TPSA) is 80.5 Å². The predicted octanol–water partition coefficient (Wildman–Crippen LogP) is 2.08. The van der Waals surface area contributed by atoms with Crippen molar-refractivity contribution < 1.29 is 13.2 Å². The first-order valence-corrected chi connectivity index (χ1v) is 9.65. The molecule has 1 aliphatic heterocycles. The number of carbonyl (C=O) groups excluding carboxylic acids is 1. The van der Waals surface area contributed by atoms with Gasteiger partial charge in [0.05, 0.1) is 4.90 Å². The zero-order valence-electron chi connectivity index (χ0n) is 13.8. The Morgan fingerprint density at radius 2 is 1.64 bits per heavy atom. The third-order valence-electron chi connectivity index (χ3n) is 4.41. The Morgan fingerprint density at radius 1 is 1.04 bits per heavy atom. The van der Waals surface area contributed by atoms with Gasteiger partial charge < -0.3 is 10.6 Å². The van der Waals surface area contributed by atoms with Gasteiger partial charge in [0.25, 0.3) is 5.91 Å². The molecule has 1 saturated heterocycles. The average Bonchev–Trinajstić information content (AvgIpc) is 2.96. The SMILES string of the molecule is CS(=O)(=O)c1ccc(C(=O)N2C[C@@H](N)[C@H](c3ccccc3)C2)cc1.Cl. The molecule has 1 amide bonds. The lowest BCUT2D eigenvalue weighted by atomic mass is 9.95. The molecule has 2 N–H and O–H groups in total. The Labute approximate surface area is 154 Å². The standard InChI is InChI=1S/C18H20N2O3S.ClH/c1-24(22,23)15-9-7-14(8-10-15)18(21)20-11-16(17(19)12-20)13-5-3-2-4-6-13;/h2-10,16-17H,11-12,19H2,1H3;1H/t16-,17+;/m0./s1. The van der Waals surface area contributed by atoms with Crippen LogP contribution in [0.5, 0.6) is 0 Å². The van der Waals surface area contributed by atoms with Gasteiger partial charge in [-0.25, -0.2) is 8.42 Å². The third-order valence-corrected chi connectivity index (χ3v) is 5.54. The number of hydrogen-bond acceptors (Lipinski definition) is 4. The summed E-state index contributed by atoms with van der Waals surface area (Å²) in [4.78, 5) is 14.6. The van der Waals surface area contributed by atoms with Crippen LogP contribution >= 0.6 is 12.4 Å². The summed E-state index contributed by atoms with van der Waals surface area (Å²) in [7, 11) is -3.26. The minimum atomic E-state index is -3.26. The van der Waals surface area contributed by atoms with Crippen molar-refractivity contribution in [2.75, 3.05) is 19.3 Å². The Morgan fingerprint density at radius 3 is 2.20 bits per heavy atom. The maximum Gasteiger partial charge on any atom is 0.253 e. The van der Waals surface area contributed by atoms with Gasteiger partial charge in [0, 0.05) is 36.9 Å². The summed E-state index contributed by atoms with van der Waals surface area (Å²) < 4.78 is 23.0. The molecule has 2 aromatic carbocycles. The normalized spacial score (nSPS) is 20.2. The van der Waals surface area contributed by atoms with E-state index in [0.29, 0.717) is 18.7 Å². The predicted molar refractivity (Wildman–Crippen MR) is 99.9 cm³/mol. The van der Waals surface area contributed by atoms with Crippen LogP contribution in [0.15, 0.2) is 59.5 Å². The van der Waals surface area contributed by atoms with E-state index in [1.807, 2.05) is 30.3 Å². The van der Waals surface area contributed by atoms with Crippen LogP contribution < -0.4 is 5.73 Å². The molecule has 1 aliphatic rings. The van der Waals surface area contributed by atoms with Gasteiger partial charge in [0.15, 0.2) is 9.84 Å². The first-order chi connectivity index (χ1) is 11.4. The van der Waals surface area contributed by atoms with Crippen molar-refractivity contribution in [3.8, 4) is 0 Å². The maximum absolute atomic E-state index is 12.7. The van der Waals surface area contributed by atoms with E-state index >= 15 is 0 Å². The van der Waals surface area contributed by atoms with Gasteiger partial charge in [-0.15, -0.1) is 12.4 Å². The average molecular weight is 381 g/mol. The van der Waals surface area contributed by atoms with Gasteiger partial charge in [0.2, 0.25) is 0 Å². The highest BCUT2D eigenvalue weighted by Gasteiger charge is 2.34. The lowest BCUT2D eigenvalue weighted by molar-refractivity contribution is 0.0789. The molecule has 134 valence electrons. The molecule has 0 bridgehead atoms. The molecule has 0 saturated carbocycles. The van der Waals surface area contributed by atoms with Crippen molar-refractivity contribution in [1.29, 1.82) is 0 Å². The summed E-state index contributed by atoms with van der Waals surface area (Å²) in [6, 6.07) is 15.9. The van der Waals surface area contributed by atoms with Gasteiger partial charge in [0.1, 0.15) is 0 Å². The van der Waals surface area contributed by atoms with Crippen molar-refractivity contribution in [2.24, 2.45) is 5.73 Å². The summed E-state index contributed by atoms with van der Waals surface area (Å²) in [5.41, 5.74) is 7.83. The van der Waals surface area contributed by atoms with Gasteiger partial charge in [-0.1, -0.05) is 30.3 Å². The van der Waals surface area contributed by atoms with Crippen LogP contribution in [0.3, 0.4) is 0 Å². The minimum Gasteiger partial charge on any atom is -0.336 e. The zero-order chi connectivity index (χ0) is 17.3. The second-order valence-electron chi connectivity index (χ2n) is 6.19. The van der Waals surface area contributed by atoms with Crippen LogP contribution in [0.25, 0.3) is 0 Å². The number of benzene rings is 2. The molecular weight excluding hydrogens is 360 g/mol. The molecule has 5 nitrogen and oxygen atoms in total. The monoisotopic (exact) mass is 380 g/mol. The van der Waals surface area contributed by atoms with Crippen LogP contribution in [-0.2, 0) is 9.84 Å². The highest BCUT2D eigenvalue weighted by Crippen LogP contribution is 2.27. The maximum atomic E-state index is 12.7. The number of nitrogens with two attached hydrogens (primary N) is 1. The van der Waals surface area contributed by atoms with Crippen molar-refractivity contribution >= 4 is 28.2 Å². The fourth-order valence-electron chi connectivity index (χ4n) is 3.08. The summed E-state index contributed by atoms with van der Waals surface area (Å²) in [5.74, 6) is -0.00521.